The fraction of sp³-hybridized carbons (Fsp3) is 0.455. The highest BCUT2D eigenvalue weighted by atomic mass is 32.1. The van der Waals surface area contributed by atoms with Gasteiger partial charge >= 0.3 is 5.97 Å². The van der Waals surface area contributed by atoms with Crippen molar-refractivity contribution < 1.29 is 14.3 Å². The van der Waals surface area contributed by atoms with Gasteiger partial charge in [-0.25, -0.2) is 4.79 Å². The van der Waals surface area contributed by atoms with Crippen LogP contribution in [-0.4, -0.2) is 24.5 Å². The number of hydrogen-bond acceptors (Lipinski definition) is 5. The molecule has 1 rings (SSSR count). The quantitative estimate of drug-likeness (QED) is 0.788. The Labute approximate surface area is 104 Å². The molecule has 0 fully saturated rings. The molecule has 1 heterocycles. The monoisotopic (exact) mass is 256 g/mol. The summed E-state index contributed by atoms with van der Waals surface area (Å²) in [5.74, 6) is -0.780. The van der Waals surface area contributed by atoms with E-state index in [0.717, 1.165) is 11.3 Å². The molecule has 0 saturated heterocycles. The first kappa shape index (κ1) is 13.5. The van der Waals surface area contributed by atoms with Crippen LogP contribution in [0.1, 0.15) is 40.8 Å². The molecule has 0 unspecified atom stereocenters. The maximum Gasteiger partial charge on any atom is 0.341 e. The molecule has 5 nitrogen and oxygen atoms in total. The number of ether oxygens (including phenoxy) is 1. The van der Waals surface area contributed by atoms with Crippen LogP contribution in [0.4, 0.5) is 5.00 Å². The van der Waals surface area contributed by atoms with E-state index in [0.29, 0.717) is 4.88 Å². The van der Waals surface area contributed by atoms with Gasteiger partial charge < -0.3 is 15.8 Å². The van der Waals surface area contributed by atoms with E-state index in [1.54, 1.807) is 20.8 Å². The lowest BCUT2D eigenvalue weighted by atomic mass is 10.2. The summed E-state index contributed by atoms with van der Waals surface area (Å²) >= 11 is 1.07. The number of nitrogens with two attached hydrogens (primary N) is 1. The van der Waals surface area contributed by atoms with Crippen molar-refractivity contribution in [3.63, 3.8) is 0 Å². The van der Waals surface area contributed by atoms with Gasteiger partial charge in [-0.2, -0.15) is 0 Å². The summed E-state index contributed by atoms with van der Waals surface area (Å²) in [6, 6.07) is 1.45. The van der Waals surface area contributed by atoms with Crippen molar-refractivity contribution in [1.82, 2.24) is 5.32 Å². The molecule has 0 radical (unpaired) electrons. The standard InChI is InChI=1S/C11H16N2O3S/c1-11(2,3)16-10(15)6-5-7(9(14)13-4)17-8(6)12/h5H,12H2,1-4H3,(H,13,14). The van der Waals surface area contributed by atoms with Gasteiger partial charge in [0.2, 0.25) is 0 Å². The van der Waals surface area contributed by atoms with Crippen LogP contribution in [0, 0.1) is 0 Å². The van der Waals surface area contributed by atoms with Crippen molar-refractivity contribution in [2.24, 2.45) is 0 Å². The first-order valence-electron chi connectivity index (χ1n) is 5.09. The number of nitrogen functional groups attached to an aromatic ring is 1. The summed E-state index contributed by atoms with van der Waals surface area (Å²) in [6.45, 7) is 5.31. The van der Waals surface area contributed by atoms with E-state index in [9.17, 15) is 9.59 Å². The molecular weight excluding hydrogens is 240 g/mol. The molecular formula is C11H16N2O3S. The first-order valence-corrected chi connectivity index (χ1v) is 5.91. The van der Waals surface area contributed by atoms with Crippen LogP contribution < -0.4 is 11.1 Å². The maximum atomic E-state index is 11.8. The molecule has 0 aliphatic heterocycles. The number of anilines is 1. The van der Waals surface area contributed by atoms with Crippen molar-refractivity contribution in [3.8, 4) is 0 Å². The first-order chi connectivity index (χ1) is 7.74. The van der Waals surface area contributed by atoms with Crippen LogP contribution in [0.2, 0.25) is 0 Å². The minimum atomic E-state index is -0.585. The van der Waals surface area contributed by atoms with Gasteiger partial charge in [-0.15, -0.1) is 11.3 Å². The number of esters is 1. The van der Waals surface area contributed by atoms with Gasteiger partial charge in [-0.1, -0.05) is 0 Å². The summed E-state index contributed by atoms with van der Waals surface area (Å²) in [7, 11) is 1.52. The third-order valence-corrected chi connectivity index (χ3v) is 2.79. The number of rotatable bonds is 2. The molecule has 1 amide bonds. The van der Waals surface area contributed by atoms with Gasteiger partial charge in [0.15, 0.2) is 0 Å². The molecule has 0 bridgehead atoms. The summed E-state index contributed by atoms with van der Waals surface area (Å²) in [6.07, 6.45) is 0. The zero-order chi connectivity index (χ0) is 13.2. The van der Waals surface area contributed by atoms with E-state index in [4.69, 9.17) is 10.5 Å². The third kappa shape index (κ3) is 3.45. The largest absolute Gasteiger partial charge is 0.456 e. The van der Waals surface area contributed by atoms with Gasteiger partial charge in [0.05, 0.1) is 10.4 Å². The smallest absolute Gasteiger partial charge is 0.341 e. The van der Waals surface area contributed by atoms with E-state index >= 15 is 0 Å². The highest BCUT2D eigenvalue weighted by Crippen LogP contribution is 2.26. The second-order valence-corrected chi connectivity index (χ2v) is 5.55. The second kappa shape index (κ2) is 4.75. The molecule has 0 aliphatic carbocycles. The Bertz CT molecular complexity index is 446. The molecule has 1 aromatic rings. The Hall–Kier alpha value is -1.56. The number of thiophene rings is 1. The van der Waals surface area contributed by atoms with Gasteiger partial charge in [-0.3, -0.25) is 4.79 Å². The van der Waals surface area contributed by atoms with Crippen LogP contribution in [-0.2, 0) is 4.74 Å². The summed E-state index contributed by atoms with van der Waals surface area (Å²) in [4.78, 5) is 23.6. The van der Waals surface area contributed by atoms with E-state index in [1.807, 2.05) is 0 Å². The highest BCUT2D eigenvalue weighted by molar-refractivity contribution is 7.18. The zero-order valence-electron chi connectivity index (χ0n) is 10.3. The molecule has 94 valence electrons. The fourth-order valence-corrected chi connectivity index (χ4v) is 1.99. The van der Waals surface area contributed by atoms with Crippen molar-refractivity contribution in [3.05, 3.63) is 16.5 Å². The highest BCUT2D eigenvalue weighted by Gasteiger charge is 2.23. The van der Waals surface area contributed by atoms with Crippen LogP contribution >= 0.6 is 11.3 Å². The average molecular weight is 256 g/mol. The average Bonchev–Trinajstić information content (AvgIpc) is 2.56. The number of amides is 1. The molecule has 0 spiro atoms. The number of hydrogen-bond donors (Lipinski definition) is 2. The topological polar surface area (TPSA) is 81.4 Å². The third-order valence-electron chi connectivity index (χ3n) is 1.83. The van der Waals surface area contributed by atoms with E-state index in [1.165, 1.54) is 13.1 Å². The lowest BCUT2D eigenvalue weighted by molar-refractivity contribution is 0.00713. The zero-order valence-corrected chi connectivity index (χ0v) is 11.1. The molecule has 0 atom stereocenters. The van der Waals surface area contributed by atoms with Crippen molar-refractivity contribution in [2.45, 2.75) is 26.4 Å². The summed E-state index contributed by atoms with van der Waals surface area (Å²) in [5, 5.41) is 2.76. The van der Waals surface area contributed by atoms with Crippen LogP contribution in [0.5, 0.6) is 0 Å². The lowest BCUT2D eigenvalue weighted by Gasteiger charge is -2.19. The Kier molecular flexibility index (Phi) is 3.77. The molecule has 1 aromatic heterocycles. The Morgan fingerprint density at radius 2 is 2.00 bits per heavy atom. The molecule has 0 aromatic carbocycles. The number of carbonyl (C=O) groups excluding carboxylic acids is 2. The maximum absolute atomic E-state index is 11.8. The minimum Gasteiger partial charge on any atom is -0.456 e. The molecule has 6 heteroatoms. The van der Waals surface area contributed by atoms with Crippen LogP contribution in [0.3, 0.4) is 0 Å². The molecule has 17 heavy (non-hydrogen) atoms. The summed E-state index contributed by atoms with van der Waals surface area (Å²) < 4.78 is 5.19. The van der Waals surface area contributed by atoms with Gasteiger partial charge in [0.25, 0.3) is 5.91 Å². The normalized spacial score (nSPS) is 11.1. The Morgan fingerprint density at radius 1 is 1.41 bits per heavy atom. The second-order valence-electron chi connectivity index (χ2n) is 4.47. The van der Waals surface area contributed by atoms with Crippen molar-refractivity contribution in [2.75, 3.05) is 12.8 Å². The molecule has 3 N–H and O–H groups in total. The van der Waals surface area contributed by atoms with Crippen molar-refractivity contribution >= 4 is 28.2 Å². The SMILES string of the molecule is CNC(=O)c1cc(C(=O)OC(C)(C)C)c(N)s1. The summed E-state index contributed by atoms with van der Waals surface area (Å²) in [5.41, 5.74) is 5.35. The lowest BCUT2D eigenvalue weighted by Crippen LogP contribution is -2.24. The molecule has 0 saturated carbocycles. The van der Waals surface area contributed by atoms with E-state index < -0.39 is 11.6 Å². The van der Waals surface area contributed by atoms with E-state index in [2.05, 4.69) is 5.32 Å². The minimum absolute atomic E-state index is 0.239. The molecule has 0 aliphatic rings. The predicted octanol–water partition coefficient (Wildman–Crippen LogP) is 1.65. The van der Waals surface area contributed by atoms with Gasteiger partial charge in [-0.05, 0) is 26.8 Å². The van der Waals surface area contributed by atoms with Gasteiger partial charge in [0.1, 0.15) is 10.6 Å². The van der Waals surface area contributed by atoms with Crippen molar-refractivity contribution in [1.29, 1.82) is 0 Å². The fourth-order valence-electron chi connectivity index (χ4n) is 1.13. The Balaban J connectivity index is 2.96. The Morgan fingerprint density at radius 3 is 2.47 bits per heavy atom. The number of nitrogens with one attached hydrogen (secondary N) is 1. The van der Waals surface area contributed by atoms with Crippen LogP contribution in [0.15, 0.2) is 6.07 Å². The predicted molar refractivity (Wildman–Crippen MR) is 67.3 cm³/mol. The van der Waals surface area contributed by atoms with E-state index in [-0.39, 0.29) is 16.5 Å². The number of carbonyl (C=O) groups is 2. The van der Waals surface area contributed by atoms with Gasteiger partial charge in [0, 0.05) is 7.05 Å². The van der Waals surface area contributed by atoms with Crippen LogP contribution in [0.25, 0.3) is 0 Å².